The second kappa shape index (κ2) is 7.06. The van der Waals surface area contributed by atoms with Gasteiger partial charge < -0.3 is 4.42 Å². The molecule has 0 fully saturated rings. The minimum absolute atomic E-state index is 0.694. The van der Waals surface area contributed by atoms with Crippen LogP contribution in [0, 0.1) is 6.92 Å². The maximum Gasteiger partial charge on any atom is 0.178 e. The Balaban J connectivity index is 1.68. The van der Waals surface area contributed by atoms with Gasteiger partial charge in [0.15, 0.2) is 11.5 Å². The summed E-state index contributed by atoms with van der Waals surface area (Å²) in [5.74, 6) is 0.0980. The number of hydrogen-bond donors (Lipinski definition) is 0. The molecular formula is C28H23N3O. The van der Waals surface area contributed by atoms with Gasteiger partial charge in [0.1, 0.15) is 11.2 Å². The first kappa shape index (κ1) is 17.7. The predicted octanol–water partition coefficient (Wildman–Crippen LogP) is 7.42. The molecule has 0 atom stereocenters. The van der Waals surface area contributed by atoms with Crippen LogP contribution in [0.5, 0.6) is 0 Å². The van der Waals surface area contributed by atoms with Crippen molar-refractivity contribution in [3.8, 4) is 17.1 Å². The van der Waals surface area contributed by atoms with E-state index in [9.17, 15) is 0 Å². The molecule has 0 aliphatic heterocycles. The lowest BCUT2D eigenvalue weighted by atomic mass is 10.0. The number of para-hydroxylation sites is 2. The normalized spacial score (nSPS) is 12.7. The van der Waals surface area contributed by atoms with Gasteiger partial charge in [0.25, 0.3) is 0 Å². The van der Waals surface area contributed by atoms with Gasteiger partial charge >= 0.3 is 0 Å². The number of fused-ring (bicyclic) bond motifs is 4. The molecule has 0 unspecified atom stereocenters. The first-order chi connectivity index (χ1) is 15.9. The van der Waals surface area contributed by atoms with E-state index in [1.807, 2.05) is 69.3 Å². The zero-order valence-electron chi connectivity index (χ0n) is 19.3. The van der Waals surface area contributed by atoms with Crippen LogP contribution in [0.15, 0.2) is 83.3 Å². The Morgan fingerprint density at radius 2 is 1.72 bits per heavy atom. The summed E-state index contributed by atoms with van der Waals surface area (Å²) in [5.41, 5.74) is 7.02. The van der Waals surface area contributed by atoms with Crippen molar-refractivity contribution in [2.75, 3.05) is 0 Å². The number of aryl methyl sites for hydroxylation is 1. The molecule has 0 spiro atoms. The highest BCUT2D eigenvalue weighted by atomic mass is 16.3. The molecule has 6 rings (SSSR count). The number of pyridine rings is 1. The molecule has 156 valence electrons. The molecule has 4 heteroatoms. The number of furan rings is 1. The maximum atomic E-state index is 8.40. The van der Waals surface area contributed by atoms with Crippen LogP contribution in [0.25, 0.3) is 50.2 Å². The third-order valence-electron chi connectivity index (χ3n) is 5.99. The van der Waals surface area contributed by atoms with Crippen LogP contribution in [-0.2, 0) is 0 Å². The zero-order valence-corrected chi connectivity index (χ0v) is 18.3. The second-order valence-electron chi connectivity index (χ2n) is 8.40. The largest absolute Gasteiger partial charge is 0.455 e. The van der Waals surface area contributed by atoms with Crippen LogP contribution in [0.3, 0.4) is 0 Å². The Labute approximate surface area is 187 Å². The monoisotopic (exact) mass is 418 g/mol. The Kier molecular flexibility index (Phi) is 3.91. The van der Waals surface area contributed by atoms with Crippen molar-refractivity contribution >= 4 is 33.1 Å². The van der Waals surface area contributed by atoms with Crippen molar-refractivity contribution in [3.63, 3.8) is 0 Å². The van der Waals surface area contributed by atoms with Crippen LogP contribution in [0.4, 0.5) is 0 Å². The molecule has 0 radical (unpaired) electrons. The van der Waals surface area contributed by atoms with Gasteiger partial charge in [0, 0.05) is 23.5 Å². The Morgan fingerprint density at radius 1 is 0.875 bits per heavy atom. The number of rotatable bonds is 3. The standard InChI is InChI=1S/C28H23N3O/c1-17(2)19-13-14-21-22-10-7-11-23(26(22)32-25(21)16-19)28-30-27-24(15-12-18(3)29-27)31(28)20-8-5-4-6-9-20/h4-17H,1-3H3/i17D. The van der Waals surface area contributed by atoms with E-state index < -0.39 is 5.89 Å². The van der Waals surface area contributed by atoms with Gasteiger partial charge in [-0.3, -0.25) is 4.57 Å². The van der Waals surface area contributed by atoms with Crippen LogP contribution >= 0.6 is 0 Å². The molecule has 0 saturated heterocycles. The van der Waals surface area contributed by atoms with Gasteiger partial charge in [0.05, 0.1) is 11.1 Å². The molecule has 3 heterocycles. The number of benzene rings is 3. The van der Waals surface area contributed by atoms with E-state index in [1.165, 1.54) is 0 Å². The molecule has 0 saturated carbocycles. The molecule has 32 heavy (non-hydrogen) atoms. The Hall–Kier alpha value is -3.92. The number of nitrogens with zero attached hydrogens (tertiary/aromatic N) is 3. The fourth-order valence-corrected chi connectivity index (χ4v) is 4.36. The number of hydrogen-bond acceptors (Lipinski definition) is 3. The van der Waals surface area contributed by atoms with Crippen molar-refractivity contribution in [1.29, 1.82) is 0 Å². The summed E-state index contributed by atoms with van der Waals surface area (Å²) < 4.78 is 17.0. The second-order valence-corrected chi connectivity index (χ2v) is 8.40. The lowest BCUT2D eigenvalue weighted by Gasteiger charge is -2.09. The Bertz CT molecular complexity index is 1660. The summed E-state index contributed by atoms with van der Waals surface area (Å²) in [6, 6.07) is 26.5. The molecule has 0 bridgehead atoms. The molecule has 6 aromatic rings. The highest BCUT2D eigenvalue weighted by Gasteiger charge is 2.20. The molecule has 3 aromatic carbocycles. The van der Waals surface area contributed by atoms with Crippen molar-refractivity contribution < 1.29 is 5.79 Å². The quantitative estimate of drug-likeness (QED) is 0.300. The highest BCUT2D eigenvalue weighted by Crippen LogP contribution is 2.38. The summed E-state index contributed by atoms with van der Waals surface area (Å²) in [4.78, 5) is 9.65. The molecule has 0 aliphatic rings. The third-order valence-corrected chi connectivity index (χ3v) is 5.99. The first-order valence-corrected chi connectivity index (χ1v) is 10.8. The summed E-state index contributed by atoms with van der Waals surface area (Å²) in [5, 5.41) is 2.07. The third kappa shape index (κ3) is 2.83. The zero-order chi connectivity index (χ0) is 22.7. The van der Waals surface area contributed by atoms with Gasteiger partial charge in [-0.25, -0.2) is 9.97 Å². The maximum absolute atomic E-state index is 8.40. The number of aromatic nitrogens is 3. The van der Waals surface area contributed by atoms with E-state index in [0.717, 1.165) is 55.8 Å². The van der Waals surface area contributed by atoms with E-state index in [-0.39, 0.29) is 0 Å². The van der Waals surface area contributed by atoms with E-state index in [2.05, 4.69) is 39.9 Å². The molecule has 4 nitrogen and oxygen atoms in total. The summed E-state index contributed by atoms with van der Waals surface area (Å²) in [6.45, 7) is 5.75. The van der Waals surface area contributed by atoms with Crippen LogP contribution in [-0.4, -0.2) is 14.5 Å². The van der Waals surface area contributed by atoms with E-state index >= 15 is 0 Å². The average molecular weight is 419 g/mol. The van der Waals surface area contributed by atoms with Crippen LogP contribution in [0.1, 0.15) is 32.4 Å². The highest BCUT2D eigenvalue weighted by molar-refractivity contribution is 6.09. The van der Waals surface area contributed by atoms with Crippen LogP contribution in [0.2, 0.25) is 0 Å². The summed E-state index contributed by atoms with van der Waals surface area (Å²) in [7, 11) is 0. The lowest BCUT2D eigenvalue weighted by molar-refractivity contribution is 0.667. The predicted molar refractivity (Wildman–Crippen MR) is 130 cm³/mol. The van der Waals surface area contributed by atoms with Crippen molar-refractivity contribution in [3.05, 3.63) is 90.1 Å². The van der Waals surface area contributed by atoms with Gasteiger partial charge in [-0.15, -0.1) is 0 Å². The van der Waals surface area contributed by atoms with Gasteiger partial charge in [-0.2, -0.15) is 0 Å². The van der Waals surface area contributed by atoms with Gasteiger partial charge in [-0.1, -0.05) is 56.3 Å². The Morgan fingerprint density at radius 3 is 2.53 bits per heavy atom. The average Bonchev–Trinajstić information content (AvgIpc) is 3.36. The van der Waals surface area contributed by atoms with Crippen LogP contribution < -0.4 is 0 Å². The van der Waals surface area contributed by atoms with E-state index in [0.29, 0.717) is 5.65 Å². The van der Waals surface area contributed by atoms with Crippen molar-refractivity contribution in [1.82, 2.24) is 14.5 Å². The molecule has 0 aliphatic carbocycles. The molecule has 0 N–H and O–H groups in total. The van der Waals surface area contributed by atoms with E-state index in [4.69, 9.17) is 10.8 Å². The lowest BCUT2D eigenvalue weighted by Crippen LogP contribution is -1.97. The molecule has 3 aromatic heterocycles. The van der Waals surface area contributed by atoms with Crippen molar-refractivity contribution in [2.45, 2.75) is 26.7 Å². The first-order valence-electron chi connectivity index (χ1n) is 11.3. The van der Waals surface area contributed by atoms with Gasteiger partial charge in [-0.05, 0) is 54.8 Å². The smallest absolute Gasteiger partial charge is 0.178 e. The fraction of sp³-hybridized carbons (Fsp3) is 0.143. The number of imidazole rings is 1. The van der Waals surface area contributed by atoms with Crippen molar-refractivity contribution in [2.24, 2.45) is 0 Å². The topological polar surface area (TPSA) is 43.9 Å². The molecular weight excluding hydrogens is 394 g/mol. The van der Waals surface area contributed by atoms with Gasteiger partial charge in [0.2, 0.25) is 0 Å². The minimum Gasteiger partial charge on any atom is -0.455 e. The minimum atomic E-state index is -0.694. The summed E-state index contributed by atoms with van der Waals surface area (Å²) in [6.07, 6.45) is 0. The van der Waals surface area contributed by atoms with E-state index in [1.54, 1.807) is 0 Å². The SMILES string of the molecule is [2H]C(C)(C)c1ccc2c(c1)oc1c(-c3nc4nc(C)ccc4n3-c3ccccc3)cccc12. The molecule has 0 amide bonds. The fourth-order valence-electron chi connectivity index (χ4n) is 4.36. The summed E-state index contributed by atoms with van der Waals surface area (Å²) >= 11 is 0.